The van der Waals surface area contributed by atoms with Gasteiger partial charge >= 0.3 is 0 Å². The number of nitrogens with one attached hydrogen (secondary N) is 1. The lowest BCUT2D eigenvalue weighted by molar-refractivity contribution is -0.383. The number of pyridine rings is 1. The Morgan fingerprint density at radius 1 is 1.12 bits per heavy atom. The van der Waals surface area contributed by atoms with E-state index in [2.05, 4.69) is 10.3 Å². The predicted molar refractivity (Wildman–Crippen MR) is 92.9 cm³/mol. The number of nitro benzene ring substituents is 1. The summed E-state index contributed by atoms with van der Waals surface area (Å²) in [4.78, 5) is 15.1. The summed E-state index contributed by atoms with van der Waals surface area (Å²) in [6.45, 7) is 1.13. The van der Waals surface area contributed by atoms with E-state index in [0.29, 0.717) is 24.1 Å². The van der Waals surface area contributed by atoms with Gasteiger partial charge in [-0.1, -0.05) is 24.3 Å². The molecule has 6 nitrogen and oxygen atoms in total. The van der Waals surface area contributed by atoms with Crippen molar-refractivity contribution in [1.29, 1.82) is 0 Å². The van der Waals surface area contributed by atoms with Crippen LogP contribution in [0.15, 0.2) is 54.7 Å². The quantitative estimate of drug-likeness (QED) is 0.550. The monoisotopic (exact) mass is 323 g/mol. The van der Waals surface area contributed by atoms with Crippen LogP contribution in [0.25, 0.3) is 10.9 Å². The molecule has 0 bridgehead atoms. The fourth-order valence-corrected chi connectivity index (χ4v) is 2.68. The normalized spacial score (nSPS) is 10.7. The third-order valence-electron chi connectivity index (χ3n) is 3.83. The average Bonchev–Trinajstić information content (AvgIpc) is 2.60. The molecule has 0 spiro atoms. The maximum atomic E-state index is 11.2. The van der Waals surface area contributed by atoms with E-state index < -0.39 is 0 Å². The second kappa shape index (κ2) is 7.06. The molecule has 1 heterocycles. The summed E-state index contributed by atoms with van der Waals surface area (Å²) >= 11 is 0. The van der Waals surface area contributed by atoms with E-state index in [0.717, 1.165) is 16.8 Å². The Bertz CT molecular complexity index is 880. The maximum Gasteiger partial charge on any atom is 0.278 e. The van der Waals surface area contributed by atoms with E-state index in [1.807, 2.05) is 24.3 Å². The number of nitro groups is 1. The molecule has 0 saturated heterocycles. The molecule has 0 atom stereocenters. The van der Waals surface area contributed by atoms with Crippen LogP contribution in [0.2, 0.25) is 0 Å². The van der Waals surface area contributed by atoms with Crippen LogP contribution in [0.3, 0.4) is 0 Å². The number of non-ortho nitro benzene ring substituents is 1. The summed E-state index contributed by atoms with van der Waals surface area (Å²) in [6.07, 6.45) is 1.64. The summed E-state index contributed by atoms with van der Waals surface area (Å²) in [5, 5.41) is 15.0. The van der Waals surface area contributed by atoms with Gasteiger partial charge in [0.2, 0.25) is 0 Å². The Balaban J connectivity index is 1.92. The minimum atomic E-state index is -0.387. The molecular weight excluding hydrogens is 306 g/mol. The third kappa shape index (κ3) is 3.18. The molecule has 0 aliphatic carbocycles. The smallest absolute Gasteiger partial charge is 0.278 e. The Labute approximate surface area is 139 Å². The Kier molecular flexibility index (Phi) is 4.67. The van der Waals surface area contributed by atoms with Gasteiger partial charge < -0.3 is 10.1 Å². The Morgan fingerprint density at radius 2 is 1.92 bits per heavy atom. The molecule has 122 valence electrons. The highest BCUT2D eigenvalue weighted by molar-refractivity contribution is 5.96. The van der Waals surface area contributed by atoms with Crippen molar-refractivity contribution in [3.63, 3.8) is 0 Å². The molecule has 0 aliphatic rings. The van der Waals surface area contributed by atoms with Crippen LogP contribution < -0.4 is 5.32 Å². The van der Waals surface area contributed by atoms with Gasteiger partial charge in [0.05, 0.1) is 22.6 Å². The number of hydrogen-bond acceptors (Lipinski definition) is 5. The number of aromatic nitrogens is 1. The van der Waals surface area contributed by atoms with Gasteiger partial charge in [-0.2, -0.15) is 0 Å². The summed E-state index contributed by atoms with van der Waals surface area (Å²) < 4.78 is 5.22. The van der Waals surface area contributed by atoms with Gasteiger partial charge in [-0.05, 0) is 29.3 Å². The number of rotatable bonds is 6. The van der Waals surface area contributed by atoms with Crippen LogP contribution in [0, 0.1) is 10.1 Å². The summed E-state index contributed by atoms with van der Waals surface area (Å²) in [7, 11) is 1.66. The van der Waals surface area contributed by atoms with Crippen LogP contribution in [0.4, 0.5) is 11.4 Å². The van der Waals surface area contributed by atoms with Gasteiger partial charge in [-0.3, -0.25) is 15.1 Å². The van der Waals surface area contributed by atoms with Gasteiger partial charge in [-0.15, -0.1) is 0 Å². The van der Waals surface area contributed by atoms with Gasteiger partial charge in [0.25, 0.3) is 5.69 Å². The first-order valence-electron chi connectivity index (χ1n) is 7.52. The lowest BCUT2D eigenvalue weighted by atomic mass is 10.1. The summed E-state index contributed by atoms with van der Waals surface area (Å²) in [5.74, 6) is 0. The topological polar surface area (TPSA) is 77.3 Å². The highest BCUT2D eigenvalue weighted by Crippen LogP contribution is 2.30. The van der Waals surface area contributed by atoms with E-state index in [1.165, 1.54) is 6.07 Å². The van der Waals surface area contributed by atoms with E-state index in [-0.39, 0.29) is 10.6 Å². The number of benzene rings is 2. The molecule has 0 saturated carbocycles. The predicted octanol–water partition coefficient (Wildman–Crippen LogP) is 3.90. The van der Waals surface area contributed by atoms with E-state index in [4.69, 9.17) is 4.74 Å². The molecule has 3 rings (SSSR count). The highest BCUT2D eigenvalue weighted by Gasteiger charge is 2.14. The van der Waals surface area contributed by atoms with Gasteiger partial charge in [0, 0.05) is 25.9 Å². The van der Waals surface area contributed by atoms with Crippen LogP contribution in [-0.4, -0.2) is 17.0 Å². The molecule has 1 aromatic heterocycles. The molecular formula is C18H17N3O3. The SMILES string of the molecule is COCc1ccccc1CNc1ccc([N+](=O)[O-])c2cccnc12. The first-order valence-corrected chi connectivity index (χ1v) is 7.52. The molecule has 0 fully saturated rings. The fourth-order valence-electron chi connectivity index (χ4n) is 2.68. The average molecular weight is 323 g/mol. The number of hydrogen-bond donors (Lipinski definition) is 1. The lowest BCUT2D eigenvalue weighted by Gasteiger charge is -2.12. The maximum absolute atomic E-state index is 11.2. The van der Waals surface area contributed by atoms with Crippen LogP contribution in [-0.2, 0) is 17.9 Å². The largest absolute Gasteiger partial charge is 0.380 e. The van der Waals surface area contributed by atoms with Crippen molar-refractivity contribution in [1.82, 2.24) is 4.98 Å². The zero-order valence-corrected chi connectivity index (χ0v) is 13.2. The van der Waals surface area contributed by atoms with E-state index in [9.17, 15) is 10.1 Å². The zero-order valence-electron chi connectivity index (χ0n) is 13.2. The molecule has 0 amide bonds. The molecule has 0 radical (unpaired) electrons. The van der Waals surface area contributed by atoms with Crippen molar-refractivity contribution in [2.75, 3.05) is 12.4 Å². The third-order valence-corrected chi connectivity index (χ3v) is 3.83. The van der Waals surface area contributed by atoms with Gasteiger partial charge in [0.15, 0.2) is 0 Å². The van der Waals surface area contributed by atoms with E-state index in [1.54, 1.807) is 31.5 Å². The lowest BCUT2D eigenvalue weighted by Crippen LogP contribution is -2.05. The van der Waals surface area contributed by atoms with Crippen molar-refractivity contribution in [2.24, 2.45) is 0 Å². The fraction of sp³-hybridized carbons (Fsp3) is 0.167. The van der Waals surface area contributed by atoms with Crippen molar-refractivity contribution < 1.29 is 9.66 Å². The van der Waals surface area contributed by atoms with Crippen molar-refractivity contribution in [2.45, 2.75) is 13.2 Å². The van der Waals surface area contributed by atoms with Crippen molar-refractivity contribution in [3.8, 4) is 0 Å². The summed E-state index contributed by atoms with van der Waals surface area (Å²) in [6, 6.07) is 14.6. The Morgan fingerprint density at radius 3 is 2.67 bits per heavy atom. The van der Waals surface area contributed by atoms with Crippen LogP contribution in [0.1, 0.15) is 11.1 Å². The molecule has 24 heavy (non-hydrogen) atoms. The molecule has 3 aromatic rings. The highest BCUT2D eigenvalue weighted by atomic mass is 16.6. The number of nitrogens with zero attached hydrogens (tertiary/aromatic N) is 2. The molecule has 2 aromatic carbocycles. The molecule has 6 heteroatoms. The van der Waals surface area contributed by atoms with Crippen LogP contribution >= 0.6 is 0 Å². The zero-order chi connectivity index (χ0) is 16.9. The van der Waals surface area contributed by atoms with Crippen molar-refractivity contribution in [3.05, 3.63) is 76.0 Å². The minimum Gasteiger partial charge on any atom is -0.380 e. The Hall–Kier alpha value is -2.99. The number of fused-ring (bicyclic) bond motifs is 1. The summed E-state index contributed by atoms with van der Waals surface area (Å²) in [5.41, 5.74) is 3.64. The second-order valence-electron chi connectivity index (χ2n) is 5.34. The number of ether oxygens (including phenoxy) is 1. The molecule has 0 aliphatic heterocycles. The number of anilines is 1. The van der Waals surface area contributed by atoms with E-state index >= 15 is 0 Å². The van der Waals surface area contributed by atoms with Gasteiger partial charge in [-0.25, -0.2) is 0 Å². The minimum absolute atomic E-state index is 0.0587. The first kappa shape index (κ1) is 15.9. The molecule has 1 N–H and O–H groups in total. The van der Waals surface area contributed by atoms with Crippen LogP contribution in [0.5, 0.6) is 0 Å². The second-order valence-corrected chi connectivity index (χ2v) is 5.34. The van der Waals surface area contributed by atoms with Crippen molar-refractivity contribution >= 4 is 22.3 Å². The first-order chi connectivity index (χ1) is 11.7. The standard InChI is InChI=1S/C18H17N3O3/c1-24-12-14-6-3-2-5-13(14)11-20-16-8-9-17(21(22)23)15-7-4-10-19-18(15)16/h2-10,20H,11-12H2,1H3. The number of methoxy groups -OCH3 is 1. The molecule has 0 unspecified atom stereocenters. The van der Waals surface area contributed by atoms with Gasteiger partial charge in [0.1, 0.15) is 5.52 Å².